The molecule has 0 radical (unpaired) electrons. The highest BCUT2D eigenvalue weighted by molar-refractivity contribution is 9.10. The van der Waals surface area contributed by atoms with Crippen molar-refractivity contribution < 1.29 is 13.5 Å². The zero-order chi connectivity index (χ0) is 15.2. The van der Waals surface area contributed by atoms with E-state index in [-0.39, 0.29) is 0 Å². The Bertz CT molecular complexity index is 599. The van der Waals surface area contributed by atoms with Crippen molar-refractivity contribution in [3.63, 3.8) is 0 Å². The Balaban J connectivity index is 2.12. The fourth-order valence-electron chi connectivity index (χ4n) is 1.89. The number of halogens is 3. The van der Waals surface area contributed by atoms with Crippen LogP contribution in [0.1, 0.15) is 18.9 Å². The molecule has 2 aromatic rings. The lowest BCUT2D eigenvalue weighted by Gasteiger charge is -2.13. The van der Waals surface area contributed by atoms with Crippen LogP contribution in [0.3, 0.4) is 0 Å². The molecule has 0 aliphatic heterocycles. The molecule has 0 atom stereocenters. The van der Waals surface area contributed by atoms with Crippen LogP contribution in [0.4, 0.5) is 14.5 Å². The summed E-state index contributed by atoms with van der Waals surface area (Å²) < 4.78 is 32.9. The maximum absolute atomic E-state index is 13.2. The van der Waals surface area contributed by atoms with E-state index in [4.69, 9.17) is 4.74 Å². The SMILES string of the molecule is CCCOc1ccc(Br)cc1CNc1cc(F)cc(F)c1. The van der Waals surface area contributed by atoms with Crippen molar-refractivity contribution in [3.8, 4) is 5.75 Å². The van der Waals surface area contributed by atoms with Crippen LogP contribution in [0, 0.1) is 11.6 Å². The van der Waals surface area contributed by atoms with Crippen molar-refractivity contribution in [1.29, 1.82) is 0 Å². The van der Waals surface area contributed by atoms with E-state index in [1.165, 1.54) is 12.1 Å². The largest absolute Gasteiger partial charge is 0.493 e. The lowest BCUT2D eigenvalue weighted by atomic mass is 10.2. The van der Waals surface area contributed by atoms with Crippen LogP contribution in [-0.4, -0.2) is 6.61 Å². The molecule has 0 unspecified atom stereocenters. The first-order valence-corrected chi connectivity index (χ1v) is 7.49. The summed E-state index contributed by atoms with van der Waals surface area (Å²) >= 11 is 3.41. The number of ether oxygens (including phenoxy) is 1. The fraction of sp³-hybridized carbons (Fsp3) is 0.250. The molecule has 0 fully saturated rings. The van der Waals surface area contributed by atoms with Gasteiger partial charge in [-0.15, -0.1) is 0 Å². The Morgan fingerprint density at radius 1 is 1.10 bits per heavy atom. The molecule has 1 N–H and O–H groups in total. The number of nitrogens with one attached hydrogen (secondary N) is 1. The Morgan fingerprint density at radius 2 is 1.81 bits per heavy atom. The summed E-state index contributed by atoms with van der Waals surface area (Å²) in [5.41, 5.74) is 1.32. The molecule has 0 aromatic heterocycles. The van der Waals surface area contributed by atoms with Crippen LogP contribution in [0.25, 0.3) is 0 Å². The van der Waals surface area contributed by atoms with Gasteiger partial charge >= 0.3 is 0 Å². The third kappa shape index (κ3) is 4.70. The predicted molar refractivity (Wildman–Crippen MR) is 83.6 cm³/mol. The maximum Gasteiger partial charge on any atom is 0.128 e. The van der Waals surface area contributed by atoms with E-state index in [1.54, 1.807) is 0 Å². The van der Waals surface area contributed by atoms with Crippen molar-refractivity contribution >= 4 is 21.6 Å². The molecule has 0 heterocycles. The van der Waals surface area contributed by atoms with E-state index in [0.717, 1.165) is 28.3 Å². The Labute approximate surface area is 131 Å². The summed E-state index contributed by atoms with van der Waals surface area (Å²) in [6.45, 7) is 3.08. The standard InChI is InChI=1S/C16H16BrF2NO/c1-2-5-21-16-4-3-12(17)6-11(16)10-20-15-8-13(18)7-14(19)9-15/h3-4,6-9,20H,2,5,10H2,1H3. The molecule has 0 bridgehead atoms. The molecule has 5 heteroatoms. The first-order chi connectivity index (χ1) is 10.1. The average molecular weight is 356 g/mol. The van der Waals surface area contributed by atoms with E-state index in [0.29, 0.717) is 18.8 Å². The fourth-order valence-corrected chi connectivity index (χ4v) is 2.30. The highest BCUT2D eigenvalue weighted by Gasteiger charge is 2.06. The molecule has 0 saturated heterocycles. The third-order valence-corrected chi connectivity index (χ3v) is 3.32. The minimum absolute atomic E-state index is 0.397. The highest BCUT2D eigenvalue weighted by Crippen LogP contribution is 2.25. The predicted octanol–water partition coefficient (Wildman–Crippen LogP) is 5.13. The molecule has 0 aliphatic rings. The van der Waals surface area contributed by atoms with Gasteiger partial charge in [-0.25, -0.2) is 8.78 Å². The lowest BCUT2D eigenvalue weighted by Crippen LogP contribution is -2.04. The van der Waals surface area contributed by atoms with Crippen LogP contribution < -0.4 is 10.1 Å². The molecule has 0 aliphatic carbocycles. The minimum Gasteiger partial charge on any atom is -0.493 e. The lowest BCUT2D eigenvalue weighted by molar-refractivity contribution is 0.314. The monoisotopic (exact) mass is 355 g/mol. The van der Waals surface area contributed by atoms with E-state index in [1.807, 2.05) is 25.1 Å². The summed E-state index contributed by atoms with van der Waals surface area (Å²) in [6, 6.07) is 9.06. The molecule has 2 aromatic carbocycles. The van der Waals surface area contributed by atoms with Crippen LogP contribution in [0.15, 0.2) is 40.9 Å². The zero-order valence-electron chi connectivity index (χ0n) is 11.6. The summed E-state index contributed by atoms with van der Waals surface area (Å²) in [5.74, 6) is -0.437. The summed E-state index contributed by atoms with van der Waals surface area (Å²) in [4.78, 5) is 0. The number of benzene rings is 2. The summed E-state index contributed by atoms with van der Waals surface area (Å²) in [6.07, 6.45) is 0.915. The number of hydrogen-bond donors (Lipinski definition) is 1. The van der Waals surface area contributed by atoms with Gasteiger partial charge in [0.25, 0.3) is 0 Å². The molecular weight excluding hydrogens is 340 g/mol. The minimum atomic E-state index is -0.603. The van der Waals surface area contributed by atoms with Crippen molar-refractivity contribution in [2.24, 2.45) is 0 Å². The van der Waals surface area contributed by atoms with Crippen molar-refractivity contribution in [2.75, 3.05) is 11.9 Å². The normalized spacial score (nSPS) is 10.5. The Hall–Kier alpha value is -1.62. The Morgan fingerprint density at radius 3 is 2.48 bits per heavy atom. The van der Waals surface area contributed by atoms with E-state index >= 15 is 0 Å². The third-order valence-electron chi connectivity index (χ3n) is 2.83. The van der Waals surface area contributed by atoms with Crippen molar-refractivity contribution in [3.05, 3.63) is 58.1 Å². The molecule has 0 spiro atoms. The average Bonchev–Trinajstić information content (AvgIpc) is 2.43. The van der Waals surface area contributed by atoms with Gasteiger partial charge in [-0.1, -0.05) is 22.9 Å². The van der Waals surface area contributed by atoms with Crippen LogP contribution in [0.2, 0.25) is 0 Å². The first kappa shape index (κ1) is 15.8. The van der Waals surface area contributed by atoms with Crippen LogP contribution in [-0.2, 0) is 6.54 Å². The van der Waals surface area contributed by atoms with E-state index in [2.05, 4.69) is 21.2 Å². The van der Waals surface area contributed by atoms with Gasteiger partial charge in [-0.05, 0) is 36.8 Å². The maximum atomic E-state index is 13.2. The molecule has 112 valence electrons. The second kappa shape index (κ2) is 7.41. The van der Waals surface area contributed by atoms with Gasteiger partial charge in [0.2, 0.25) is 0 Å². The second-order valence-electron chi connectivity index (χ2n) is 4.61. The van der Waals surface area contributed by atoms with Gasteiger partial charge in [0.1, 0.15) is 17.4 Å². The smallest absolute Gasteiger partial charge is 0.128 e. The van der Waals surface area contributed by atoms with Crippen molar-refractivity contribution in [1.82, 2.24) is 0 Å². The molecule has 21 heavy (non-hydrogen) atoms. The van der Waals surface area contributed by atoms with Gasteiger partial charge in [0.05, 0.1) is 6.61 Å². The topological polar surface area (TPSA) is 21.3 Å². The first-order valence-electron chi connectivity index (χ1n) is 6.69. The summed E-state index contributed by atoms with van der Waals surface area (Å²) in [5, 5.41) is 3.01. The summed E-state index contributed by atoms with van der Waals surface area (Å²) in [7, 11) is 0. The second-order valence-corrected chi connectivity index (χ2v) is 5.53. The zero-order valence-corrected chi connectivity index (χ0v) is 13.2. The van der Waals surface area contributed by atoms with Crippen LogP contribution in [0.5, 0.6) is 5.75 Å². The number of rotatable bonds is 6. The van der Waals surface area contributed by atoms with Crippen LogP contribution >= 0.6 is 15.9 Å². The number of hydrogen-bond acceptors (Lipinski definition) is 2. The molecule has 0 saturated carbocycles. The van der Waals surface area contributed by atoms with Gasteiger partial charge in [0.15, 0.2) is 0 Å². The Kier molecular flexibility index (Phi) is 5.56. The van der Waals surface area contributed by atoms with E-state index < -0.39 is 11.6 Å². The van der Waals surface area contributed by atoms with Crippen molar-refractivity contribution in [2.45, 2.75) is 19.9 Å². The molecular formula is C16H16BrF2NO. The van der Waals surface area contributed by atoms with Gasteiger partial charge in [0, 0.05) is 28.3 Å². The molecule has 2 nitrogen and oxygen atoms in total. The highest BCUT2D eigenvalue weighted by atomic mass is 79.9. The molecule has 0 amide bonds. The van der Waals surface area contributed by atoms with E-state index in [9.17, 15) is 8.78 Å². The van der Waals surface area contributed by atoms with Gasteiger partial charge < -0.3 is 10.1 Å². The molecule has 2 rings (SSSR count). The van der Waals surface area contributed by atoms with Gasteiger partial charge in [-0.3, -0.25) is 0 Å². The quantitative estimate of drug-likeness (QED) is 0.775. The van der Waals surface area contributed by atoms with Gasteiger partial charge in [-0.2, -0.15) is 0 Å². The number of anilines is 1.